The van der Waals surface area contributed by atoms with E-state index in [4.69, 9.17) is 75.8 Å². The molecule has 0 aliphatic carbocycles. The van der Waals surface area contributed by atoms with Gasteiger partial charge in [0.15, 0.2) is 0 Å². The Hall–Kier alpha value is -13.0. The van der Waals surface area contributed by atoms with E-state index in [1.54, 1.807) is 163 Å². The van der Waals surface area contributed by atoms with Gasteiger partial charge in [0.25, 0.3) is 5.24 Å². The summed E-state index contributed by atoms with van der Waals surface area (Å²) < 4.78 is 46.5. The zero-order valence-electron chi connectivity index (χ0n) is 78.9. The number of carboxylic acid groups (broad SMARTS) is 2. The molecule has 0 unspecified atom stereocenters. The van der Waals surface area contributed by atoms with Gasteiger partial charge in [-0.25, -0.2) is 28.2 Å². The van der Waals surface area contributed by atoms with Crippen LogP contribution in [0.2, 0.25) is 0 Å². The number of carbonyl (C=O) groups is 6. The van der Waals surface area contributed by atoms with Gasteiger partial charge in [-0.05, 0) is 330 Å². The van der Waals surface area contributed by atoms with Gasteiger partial charge in [0, 0.05) is 32.3 Å². The molecule has 8 N–H and O–H groups in total. The Morgan fingerprint density at radius 3 is 0.696 bits per heavy atom. The lowest BCUT2D eigenvalue weighted by atomic mass is 10.0. The molecule has 12 aromatic rings. The summed E-state index contributed by atoms with van der Waals surface area (Å²) in [7, 11) is 7.36. The monoisotopic (exact) mass is 1980 g/mol. The van der Waals surface area contributed by atoms with Crippen LogP contribution < -0.4 is 25.1 Å². The Labute approximate surface area is 820 Å². The second kappa shape index (κ2) is 66.4. The number of halogens is 4. The molecule has 0 bridgehead atoms. The van der Waals surface area contributed by atoms with E-state index in [2.05, 4.69) is 89.7 Å². The van der Waals surface area contributed by atoms with Gasteiger partial charge in [0.05, 0.1) is 73.1 Å². The Balaban J connectivity index is 0.000000528. The maximum Gasteiger partial charge on any atom is 0.338 e. The van der Waals surface area contributed by atoms with Gasteiger partial charge in [-0.1, -0.05) is 202 Å². The van der Waals surface area contributed by atoms with Gasteiger partial charge >= 0.3 is 29.8 Å². The van der Waals surface area contributed by atoms with Gasteiger partial charge in [0.2, 0.25) is 9.23 Å². The maximum absolute atomic E-state index is 12.0. The van der Waals surface area contributed by atoms with E-state index in [-0.39, 0.29) is 41.1 Å². The highest BCUT2D eigenvalue weighted by Crippen LogP contribution is 2.30. The summed E-state index contributed by atoms with van der Waals surface area (Å²) in [6.07, 6.45) is 9.92. The van der Waals surface area contributed by atoms with Crippen molar-refractivity contribution in [1.82, 2.24) is 6.15 Å². The number of alkyl halides is 1. The number of aliphatic hydroxyl groups is 1. The third-order valence-electron chi connectivity index (χ3n) is 17.1. The van der Waals surface area contributed by atoms with Crippen molar-refractivity contribution in [2.45, 2.75) is 140 Å². The highest BCUT2D eigenvalue weighted by Gasteiger charge is 2.19. The fourth-order valence-corrected chi connectivity index (χ4v) is 10.9. The number of aromatic carboxylic acids is 2. The molecule has 0 saturated heterocycles. The van der Waals surface area contributed by atoms with Crippen LogP contribution in [0.25, 0.3) is 66.8 Å². The fourth-order valence-electron chi connectivity index (χ4n) is 10.8. The molecular weight excluding hydrogens is 1860 g/mol. The minimum Gasteiger partial charge on any atom is -0.508 e. The molecule has 12 rings (SSSR count). The van der Waals surface area contributed by atoms with Gasteiger partial charge < -0.3 is 64.8 Å². The smallest absolute Gasteiger partial charge is 0.338 e. The number of ether oxygens (including phenoxy) is 7. The molecule has 0 aliphatic heterocycles. The summed E-state index contributed by atoms with van der Waals surface area (Å²) in [4.78, 5) is 67.5. The number of phenolic OH excluding ortho intramolecular Hbond substituents is 2. The lowest BCUT2D eigenvalue weighted by molar-refractivity contribution is 0.00682. The largest absolute Gasteiger partial charge is 0.508 e. The van der Waals surface area contributed by atoms with Gasteiger partial charge in [-0.2, -0.15) is 0 Å². The summed E-state index contributed by atoms with van der Waals surface area (Å²) in [6, 6.07) is 88.1. The quantitative estimate of drug-likeness (QED) is 0.00916. The van der Waals surface area contributed by atoms with Crippen LogP contribution in [0.1, 0.15) is 191 Å². The predicted octanol–water partition coefficient (Wildman–Crippen LogP) is 28.2. The molecule has 135 heavy (non-hydrogen) atoms. The third kappa shape index (κ3) is 50.1. The summed E-state index contributed by atoms with van der Waals surface area (Å²) in [5.74, 6) is 8.28. The molecule has 716 valence electrons. The number of aromatic hydroxyl groups is 2. The minimum atomic E-state index is -1.67. The van der Waals surface area contributed by atoms with Crippen molar-refractivity contribution < 1.29 is 91.7 Å². The molecule has 0 radical (unpaired) electrons. The Bertz CT molecular complexity index is 5430. The van der Waals surface area contributed by atoms with Crippen LogP contribution in [0.4, 0.5) is 0 Å². The average molecular weight is 1980 g/mol. The number of rotatable bonds is 27. The first-order chi connectivity index (χ1) is 64.0. The summed E-state index contributed by atoms with van der Waals surface area (Å²) in [5, 5.41) is 45.2. The zero-order valence-corrected chi connectivity index (χ0v) is 83.5. The molecule has 0 amide bonds. The number of hydrogen-bond donors (Lipinski definition) is 6. The van der Waals surface area contributed by atoms with Crippen LogP contribution >= 0.6 is 48.9 Å². The summed E-state index contributed by atoms with van der Waals surface area (Å²) in [6.45, 7) is 30.2. The fraction of sp³-hybridized carbons (Fsp3) is 0.255. The number of carbonyl (C=O) groups excluding carboxylic acids is 4. The number of terminal acetylenes is 1. The van der Waals surface area contributed by atoms with Gasteiger partial charge in [-0.15, -0.1) is 6.42 Å². The zero-order chi connectivity index (χ0) is 99.4. The molecular formula is C110H123BrCl3NO19S. The lowest BCUT2D eigenvalue weighted by Gasteiger charge is -2.19. The molecule has 0 heterocycles. The van der Waals surface area contributed by atoms with E-state index in [9.17, 15) is 33.9 Å². The number of hydrogen-bond acceptors (Lipinski definition) is 18. The molecule has 12 aromatic carbocycles. The molecule has 25 heteroatoms. The summed E-state index contributed by atoms with van der Waals surface area (Å²) >= 11 is 8.66. The minimum absolute atomic E-state index is 0. The number of benzene rings is 12. The van der Waals surface area contributed by atoms with Crippen LogP contribution in [-0.2, 0) is 23.4 Å². The van der Waals surface area contributed by atoms with Crippen molar-refractivity contribution in [3.8, 4) is 125 Å². The van der Waals surface area contributed by atoms with Gasteiger partial charge in [0.1, 0.15) is 40.1 Å². The summed E-state index contributed by atoms with van der Waals surface area (Å²) in [5.41, 5.74) is 14.1. The van der Waals surface area contributed by atoms with Crippen molar-refractivity contribution in [3.05, 3.63) is 325 Å². The van der Waals surface area contributed by atoms with E-state index in [1.165, 1.54) is 6.42 Å². The Kier molecular flexibility index (Phi) is 58.1. The third-order valence-corrected chi connectivity index (χ3v) is 18.1. The van der Waals surface area contributed by atoms with Crippen molar-refractivity contribution >= 4 is 93.2 Å². The molecule has 0 atom stereocenters. The van der Waals surface area contributed by atoms with Crippen LogP contribution in [0, 0.1) is 24.2 Å². The SMILES string of the molecule is C#CC#CC.CC(C)(C)O.CCCBr.CCCOc1ccc(-c2ccc(C(=O)Cl)cc2)cc1.CCCOc1ccc(-c2ccc(C(=O)O)cc2)cc1.CCCOc1ccc(-c2ccc(C(=O)OC(C)(C)C)cc2)cc1.CCCOc1ccc(-c2ccc(C(=O)OCC)cc2)cc1.CCOC(=O)c1ccc(-c2ccc(O)cc2)cc1.N.O=C(O)c1ccc(-c2ccc(O)cc2)cc1.O=S(Cl)Cl. The second-order valence-electron chi connectivity index (χ2n) is 30.4. The van der Waals surface area contributed by atoms with Crippen molar-refractivity contribution in [3.63, 3.8) is 0 Å². The van der Waals surface area contributed by atoms with E-state index in [1.807, 2.05) is 191 Å². The lowest BCUT2D eigenvalue weighted by Crippen LogP contribution is -2.23. The normalized spacial score (nSPS) is 9.92. The van der Waals surface area contributed by atoms with Crippen molar-refractivity contribution in [2.24, 2.45) is 0 Å². The van der Waals surface area contributed by atoms with Crippen LogP contribution in [0.5, 0.6) is 34.5 Å². The second-order valence-corrected chi connectivity index (χ2v) is 34.1. The predicted molar refractivity (Wildman–Crippen MR) is 552 cm³/mol. The number of carboxylic acids is 2. The van der Waals surface area contributed by atoms with Crippen LogP contribution in [0.15, 0.2) is 291 Å². The maximum atomic E-state index is 12.0. The standard InChI is InChI=1S/C20H24O3.C18H20O3.C16H15ClO2.C16H16O3.C15H14O3.C13H10O3.C5H4.C4H10O.C3H7Br.Cl2OS.H3N/c1-5-14-22-18-12-10-16(11-13-18)15-6-8-17(9-7-15)19(21)23-20(2,3)4;1-3-13-21-17-11-9-15(10-12-17)14-5-7-16(8-6-14)18(19)20-4-2;2*1-2-11-19-15-9-7-13(8-10-15)12-3-5-14(6-4-12)16(17)18;1-2-18-15(17)13-5-3-11(4-6-13)12-7-9-14(16)10-8-12;14-12-7-5-10(6-8-12)9-1-3-11(4-2-9)13(15)16;1-3-5-4-2;1-4(2,3)5;1-2-3-4;1-4(2)3;/h6-13H,5,14H2,1-4H3;5-12H,3-4,13H2,1-2H3;3-10H,2,11H2,1H3;3-10H,2,11H2,1H3,(H,17,18);3-10,16H,2H2,1H3;1-8,14H,(H,15,16);1H,2H3;5H,1-3H3;2-3H2,1H3;;1H3. The molecule has 0 aliphatic rings. The first kappa shape index (κ1) is 118. The van der Waals surface area contributed by atoms with Crippen molar-refractivity contribution in [2.75, 3.05) is 45.0 Å². The molecule has 0 saturated carbocycles. The Morgan fingerprint density at radius 1 is 0.356 bits per heavy atom. The molecule has 0 aromatic heterocycles. The molecule has 20 nitrogen and oxygen atoms in total. The van der Waals surface area contributed by atoms with Crippen LogP contribution in [0.3, 0.4) is 0 Å². The van der Waals surface area contributed by atoms with E-state index in [0.717, 1.165) is 141 Å². The topological polar surface area (TPSA) is 320 Å². The molecule has 0 fully saturated rings. The first-order valence-electron chi connectivity index (χ1n) is 43.2. The first-order valence-corrected chi connectivity index (χ1v) is 47.5. The Morgan fingerprint density at radius 2 is 0.541 bits per heavy atom. The average Bonchev–Trinajstić information content (AvgIpc) is 0.858. The molecule has 0 spiro atoms. The number of esters is 3. The van der Waals surface area contributed by atoms with Crippen LogP contribution in [-0.4, -0.2) is 121 Å². The van der Waals surface area contributed by atoms with E-state index in [0.29, 0.717) is 47.6 Å². The highest BCUT2D eigenvalue weighted by atomic mass is 79.9. The number of phenols is 2. The van der Waals surface area contributed by atoms with Gasteiger partial charge in [-0.3, -0.25) is 4.79 Å². The van der Waals surface area contributed by atoms with E-state index < -0.39 is 37.6 Å². The van der Waals surface area contributed by atoms with E-state index >= 15 is 0 Å². The van der Waals surface area contributed by atoms with Crippen molar-refractivity contribution in [1.29, 1.82) is 0 Å². The highest BCUT2D eigenvalue weighted by molar-refractivity contribution is 9.09.